The number of carbonyl (C=O) groups is 2. The second kappa shape index (κ2) is 4.47. The van der Waals surface area contributed by atoms with E-state index in [0.717, 1.165) is 19.3 Å². The molecule has 0 aromatic carbocycles. The van der Waals surface area contributed by atoms with Crippen LogP contribution in [0.4, 0.5) is 0 Å². The van der Waals surface area contributed by atoms with E-state index in [4.69, 9.17) is 4.74 Å². The Morgan fingerprint density at radius 3 is 2.14 bits per heavy atom. The van der Waals surface area contributed by atoms with E-state index in [1.807, 2.05) is 0 Å². The van der Waals surface area contributed by atoms with Crippen LogP contribution in [0.15, 0.2) is 0 Å². The lowest BCUT2D eigenvalue weighted by Gasteiger charge is -2.65. The number of hydrogen-bond acceptors (Lipinski definition) is 3. The summed E-state index contributed by atoms with van der Waals surface area (Å²) in [6.07, 6.45) is 6.82. The third kappa shape index (κ3) is 2.36. The average Bonchev–Trinajstić information content (AvgIpc) is 2.33. The molecule has 4 aliphatic rings. The molecule has 0 radical (unpaired) electrons. The highest BCUT2D eigenvalue weighted by Crippen LogP contribution is 2.69. The normalized spacial score (nSPS) is 43.7. The molecule has 4 nitrogen and oxygen atoms in total. The van der Waals surface area contributed by atoms with Crippen molar-refractivity contribution in [3.05, 3.63) is 0 Å². The monoisotopic (exact) mass is 293 g/mol. The summed E-state index contributed by atoms with van der Waals surface area (Å²) in [5.41, 5.74) is 0.400. The number of esters is 1. The van der Waals surface area contributed by atoms with Crippen LogP contribution in [0.25, 0.3) is 0 Å². The number of rotatable bonds is 3. The molecule has 4 fully saturated rings. The van der Waals surface area contributed by atoms with Gasteiger partial charge in [0.05, 0.1) is 12.5 Å². The molecule has 0 N–H and O–H groups in total. The summed E-state index contributed by atoms with van der Waals surface area (Å²) in [5, 5.41) is 0. The van der Waals surface area contributed by atoms with Crippen LogP contribution in [-0.2, 0) is 14.3 Å². The van der Waals surface area contributed by atoms with Gasteiger partial charge in [-0.05, 0) is 55.3 Å². The minimum Gasteiger partial charge on any atom is -0.468 e. The lowest BCUT2D eigenvalue weighted by atomic mass is 9.40. The van der Waals surface area contributed by atoms with E-state index < -0.39 is 0 Å². The van der Waals surface area contributed by atoms with Crippen molar-refractivity contribution in [1.29, 1.82) is 0 Å². The van der Waals surface area contributed by atoms with Crippen molar-refractivity contribution < 1.29 is 14.3 Å². The Balaban J connectivity index is 1.84. The predicted molar refractivity (Wildman–Crippen MR) is 79.5 cm³/mol. The van der Waals surface area contributed by atoms with E-state index in [0.29, 0.717) is 16.7 Å². The molecule has 4 saturated carbocycles. The van der Waals surface area contributed by atoms with Crippen LogP contribution in [0.3, 0.4) is 0 Å². The van der Waals surface area contributed by atoms with Gasteiger partial charge in [-0.25, -0.2) is 0 Å². The smallest absolute Gasteiger partial charge is 0.325 e. The second-order valence-electron chi connectivity index (χ2n) is 8.65. The molecule has 0 saturated heterocycles. The molecule has 2 atom stereocenters. The largest absolute Gasteiger partial charge is 0.468 e. The van der Waals surface area contributed by atoms with E-state index in [9.17, 15) is 9.59 Å². The Morgan fingerprint density at radius 2 is 1.67 bits per heavy atom. The Hall–Kier alpha value is -1.06. The van der Waals surface area contributed by atoms with Gasteiger partial charge in [0.1, 0.15) is 6.54 Å². The molecule has 2 unspecified atom stereocenters. The highest BCUT2D eigenvalue weighted by atomic mass is 16.5. The fourth-order valence-corrected chi connectivity index (χ4v) is 6.42. The lowest BCUT2D eigenvalue weighted by Crippen LogP contribution is -2.60. The Labute approximate surface area is 127 Å². The average molecular weight is 293 g/mol. The summed E-state index contributed by atoms with van der Waals surface area (Å²) in [5.74, 6) is 0.508. The first-order valence-electron chi connectivity index (χ1n) is 8.02. The maximum atomic E-state index is 13.1. The van der Waals surface area contributed by atoms with Gasteiger partial charge in [-0.1, -0.05) is 13.8 Å². The van der Waals surface area contributed by atoms with Crippen LogP contribution in [0.2, 0.25) is 0 Å². The molecule has 4 heteroatoms. The van der Waals surface area contributed by atoms with Crippen LogP contribution in [-0.4, -0.2) is 37.5 Å². The van der Waals surface area contributed by atoms with E-state index in [2.05, 4.69) is 13.8 Å². The molecule has 4 rings (SSSR count). The highest BCUT2D eigenvalue weighted by molar-refractivity contribution is 5.86. The molecular formula is C17H27NO3. The molecule has 0 aromatic rings. The van der Waals surface area contributed by atoms with Gasteiger partial charge in [-0.2, -0.15) is 0 Å². The molecule has 21 heavy (non-hydrogen) atoms. The van der Waals surface area contributed by atoms with Crippen LogP contribution in [0.1, 0.15) is 52.4 Å². The number of carbonyl (C=O) groups excluding carboxylic acids is 2. The van der Waals surface area contributed by atoms with Crippen molar-refractivity contribution in [3.63, 3.8) is 0 Å². The number of methoxy groups -OCH3 is 1. The SMILES string of the molecule is COC(=O)CN(C)C(=O)C12CC3CC(C)(CC(C)(C3)C1)C2. The molecule has 0 heterocycles. The molecular weight excluding hydrogens is 266 g/mol. The highest BCUT2D eigenvalue weighted by Gasteiger charge is 2.63. The molecule has 0 spiro atoms. The van der Waals surface area contributed by atoms with Crippen molar-refractivity contribution >= 4 is 11.9 Å². The summed E-state index contributed by atoms with van der Waals surface area (Å²) >= 11 is 0. The van der Waals surface area contributed by atoms with Crippen molar-refractivity contribution in [2.75, 3.05) is 20.7 Å². The minimum atomic E-state index is -0.340. The van der Waals surface area contributed by atoms with E-state index in [1.165, 1.54) is 26.4 Å². The van der Waals surface area contributed by atoms with Crippen LogP contribution >= 0.6 is 0 Å². The first-order chi connectivity index (χ1) is 9.69. The summed E-state index contributed by atoms with van der Waals surface area (Å²) in [7, 11) is 3.11. The topological polar surface area (TPSA) is 46.6 Å². The van der Waals surface area contributed by atoms with Gasteiger partial charge in [-0.3, -0.25) is 9.59 Å². The number of nitrogens with zero attached hydrogens (tertiary/aromatic N) is 1. The second-order valence-corrected chi connectivity index (χ2v) is 8.65. The van der Waals surface area contributed by atoms with Gasteiger partial charge in [-0.15, -0.1) is 0 Å². The van der Waals surface area contributed by atoms with Crippen LogP contribution in [0, 0.1) is 22.2 Å². The molecule has 0 aliphatic heterocycles. The third-order valence-corrected chi connectivity index (χ3v) is 6.02. The van der Waals surface area contributed by atoms with Crippen molar-refractivity contribution in [1.82, 2.24) is 4.90 Å². The quantitative estimate of drug-likeness (QED) is 0.751. The van der Waals surface area contributed by atoms with Crippen molar-refractivity contribution in [3.8, 4) is 0 Å². The third-order valence-electron chi connectivity index (χ3n) is 6.02. The van der Waals surface area contributed by atoms with Gasteiger partial charge in [0.2, 0.25) is 5.91 Å². The summed E-state index contributed by atoms with van der Waals surface area (Å²) in [6.45, 7) is 4.78. The zero-order valence-electron chi connectivity index (χ0n) is 13.7. The number of likely N-dealkylation sites (N-methyl/N-ethyl adjacent to an activating group) is 1. The fraction of sp³-hybridized carbons (Fsp3) is 0.882. The number of amides is 1. The Bertz CT molecular complexity index is 468. The zero-order chi connectivity index (χ0) is 15.5. The molecule has 0 aromatic heterocycles. The van der Waals surface area contributed by atoms with Gasteiger partial charge in [0, 0.05) is 7.05 Å². The van der Waals surface area contributed by atoms with Crippen LogP contribution < -0.4 is 0 Å². The predicted octanol–water partition coefficient (Wildman–Crippen LogP) is 2.61. The lowest BCUT2D eigenvalue weighted by molar-refractivity contribution is -0.179. The summed E-state index contributed by atoms with van der Waals surface area (Å²) < 4.78 is 4.70. The zero-order valence-corrected chi connectivity index (χ0v) is 13.7. The van der Waals surface area contributed by atoms with Crippen LogP contribution in [0.5, 0.6) is 0 Å². The maximum Gasteiger partial charge on any atom is 0.325 e. The number of hydrogen-bond donors (Lipinski definition) is 0. The maximum absolute atomic E-state index is 13.1. The van der Waals surface area contributed by atoms with Gasteiger partial charge >= 0.3 is 5.97 Å². The fourth-order valence-electron chi connectivity index (χ4n) is 6.42. The number of ether oxygens (including phenoxy) is 1. The van der Waals surface area contributed by atoms with Gasteiger partial charge in [0.15, 0.2) is 0 Å². The molecule has 118 valence electrons. The standard InChI is InChI=1S/C17H27NO3/c1-15-5-12-6-16(2,9-15)11-17(7-12,10-15)14(20)18(3)8-13(19)21-4/h12H,5-11H2,1-4H3. The summed E-state index contributed by atoms with van der Waals surface area (Å²) in [4.78, 5) is 26.1. The first-order valence-corrected chi connectivity index (χ1v) is 8.02. The van der Waals surface area contributed by atoms with Gasteiger partial charge in [0.25, 0.3) is 0 Å². The molecule has 4 aliphatic carbocycles. The van der Waals surface area contributed by atoms with E-state index in [-0.39, 0.29) is 23.8 Å². The van der Waals surface area contributed by atoms with Gasteiger partial charge < -0.3 is 9.64 Å². The van der Waals surface area contributed by atoms with E-state index >= 15 is 0 Å². The van der Waals surface area contributed by atoms with Crippen molar-refractivity contribution in [2.45, 2.75) is 52.4 Å². The summed E-state index contributed by atoms with van der Waals surface area (Å²) in [6, 6.07) is 0. The first kappa shape index (κ1) is 14.9. The molecule has 4 bridgehead atoms. The molecule has 1 amide bonds. The Kier molecular flexibility index (Phi) is 3.16. The minimum absolute atomic E-state index is 0.0647. The van der Waals surface area contributed by atoms with Crippen molar-refractivity contribution in [2.24, 2.45) is 22.2 Å². The Morgan fingerprint density at radius 1 is 1.10 bits per heavy atom. The van der Waals surface area contributed by atoms with E-state index in [1.54, 1.807) is 11.9 Å².